The average molecular weight is 330 g/mol. The van der Waals surface area contributed by atoms with Crippen LogP contribution in [-0.4, -0.2) is 41.4 Å². The lowest BCUT2D eigenvalue weighted by Crippen LogP contribution is -2.31. The summed E-state index contributed by atoms with van der Waals surface area (Å²) in [4.78, 5) is 14.9. The maximum atomic E-state index is 13.6. The molecule has 1 aliphatic heterocycles. The predicted molar refractivity (Wildman–Crippen MR) is 90.1 cm³/mol. The van der Waals surface area contributed by atoms with Crippen LogP contribution in [0.2, 0.25) is 0 Å². The highest BCUT2D eigenvalue weighted by Gasteiger charge is 2.16. The summed E-state index contributed by atoms with van der Waals surface area (Å²) in [7, 11) is 1.50. The zero-order chi connectivity index (χ0) is 16.8. The Hall–Kier alpha value is -2.77. The largest absolute Gasteiger partial charge is 0.467 e. The summed E-state index contributed by atoms with van der Waals surface area (Å²) in [5.41, 5.74) is 3.09. The van der Waals surface area contributed by atoms with Gasteiger partial charge in [-0.3, -0.25) is 0 Å². The molecule has 0 aliphatic carbocycles. The molecule has 1 aromatic carbocycles. The van der Waals surface area contributed by atoms with Gasteiger partial charge in [0.25, 0.3) is 5.95 Å². The third-order valence-electron chi connectivity index (χ3n) is 3.70. The number of hydrogen-bond acceptors (Lipinski definition) is 7. The summed E-state index contributed by atoms with van der Waals surface area (Å²) < 4.78 is 18.7. The van der Waals surface area contributed by atoms with Crippen molar-refractivity contribution >= 4 is 18.1 Å². The number of benzene rings is 1. The minimum atomic E-state index is -0.342. The van der Waals surface area contributed by atoms with E-state index in [4.69, 9.17) is 4.74 Å². The van der Waals surface area contributed by atoms with Crippen molar-refractivity contribution < 1.29 is 9.13 Å². The molecule has 24 heavy (non-hydrogen) atoms. The van der Waals surface area contributed by atoms with Crippen LogP contribution in [0.5, 0.6) is 6.01 Å². The van der Waals surface area contributed by atoms with Crippen LogP contribution in [-0.2, 0) is 0 Å². The number of nitrogens with one attached hydrogen (secondary N) is 1. The van der Waals surface area contributed by atoms with Crippen LogP contribution in [0.25, 0.3) is 0 Å². The molecule has 8 heteroatoms. The first-order valence-corrected chi connectivity index (χ1v) is 7.85. The van der Waals surface area contributed by atoms with Gasteiger partial charge in [0.15, 0.2) is 0 Å². The Labute approximate surface area is 139 Å². The van der Waals surface area contributed by atoms with E-state index in [0.29, 0.717) is 11.5 Å². The molecule has 0 unspecified atom stereocenters. The second-order valence-electron chi connectivity index (χ2n) is 5.38. The van der Waals surface area contributed by atoms with Crippen molar-refractivity contribution in [2.75, 3.05) is 30.5 Å². The number of hydrazone groups is 1. The number of hydrogen-bond donors (Lipinski definition) is 1. The van der Waals surface area contributed by atoms with E-state index in [0.717, 1.165) is 25.9 Å². The van der Waals surface area contributed by atoms with E-state index in [1.165, 1.54) is 25.8 Å². The molecule has 1 saturated heterocycles. The lowest BCUT2D eigenvalue weighted by molar-refractivity contribution is 0.378. The SMILES string of the molecule is COc1nc(NN=Cc2ccccc2F)nc(N2CCCCC2)n1. The van der Waals surface area contributed by atoms with Crippen molar-refractivity contribution in [2.45, 2.75) is 19.3 Å². The maximum Gasteiger partial charge on any atom is 0.322 e. The van der Waals surface area contributed by atoms with Gasteiger partial charge >= 0.3 is 6.01 Å². The number of anilines is 2. The first-order valence-electron chi connectivity index (χ1n) is 7.85. The van der Waals surface area contributed by atoms with E-state index in [2.05, 4.69) is 30.4 Å². The molecule has 0 radical (unpaired) electrons. The first-order chi connectivity index (χ1) is 11.8. The molecular formula is C16H19FN6O. The Morgan fingerprint density at radius 1 is 1.17 bits per heavy atom. The van der Waals surface area contributed by atoms with Crippen LogP contribution < -0.4 is 15.1 Å². The number of piperidine rings is 1. The molecule has 0 amide bonds. The third kappa shape index (κ3) is 3.95. The topological polar surface area (TPSA) is 75.5 Å². The first kappa shape index (κ1) is 16.1. The van der Waals surface area contributed by atoms with Crippen LogP contribution >= 0.6 is 0 Å². The van der Waals surface area contributed by atoms with Gasteiger partial charge in [-0.2, -0.15) is 20.1 Å². The minimum absolute atomic E-state index is 0.217. The van der Waals surface area contributed by atoms with Gasteiger partial charge in [0.05, 0.1) is 13.3 Å². The van der Waals surface area contributed by atoms with Crippen molar-refractivity contribution in [1.82, 2.24) is 15.0 Å². The molecule has 1 fully saturated rings. The molecule has 3 rings (SSSR count). The summed E-state index contributed by atoms with van der Waals surface area (Å²) in [6.45, 7) is 1.82. The number of rotatable bonds is 5. The van der Waals surface area contributed by atoms with Crippen molar-refractivity contribution in [1.29, 1.82) is 0 Å². The quantitative estimate of drug-likeness (QED) is 0.670. The van der Waals surface area contributed by atoms with Gasteiger partial charge in [0.1, 0.15) is 5.82 Å². The lowest BCUT2D eigenvalue weighted by atomic mass is 10.1. The summed E-state index contributed by atoms with van der Waals surface area (Å²) in [6.07, 6.45) is 4.83. The average Bonchev–Trinajstić information content (AvgIpc) is 2.64. The lowest BCUT2D eigenvalue weighted by Gasteiger charge is -2.26. The molecule has 1 N–H and O–H groups in total. The smallest absolute Gasteiger partial charge is 0.322 e. The molecule has 0 atom stereocenters. The zero-order valence-electron chi connectivity index (χ0n) is 13.4. The highest BCUT2D eigenvalue weighted by atomic mass is 19.1. The Bertz CT molecular complexity index is 717. The van der Waals surface area contributed by atoms with Crippen LogP contribution in [0.3, 0.4) is 0 Å². The van der Waals surface area contributed by atoms with E-state index in [-0.39, 0.29) is 17.8 Å². The Kier molecular flexibility index (Phi) is 5.15. The molecule has 2 heterocycles. The van der Waals surface area contributed by atoms with Gasteiger partial charge in [-0.15, -0.1) is 0 Å². The molecule has 0 bridgehead atoms. The summed E-state index contributed by atoms with van der Waals surface area (Å²) in [5, 5.41) is 3.99. The van der Waals surface area contributed by atoms with E-state index in [9.17, 15) is 4.39 Å². The maximum absolute atomic E-state index is 13.6. The standard InChI is InChI=1S/C16H19FN6O/c1-24-16-20-14(19-15(21-16)23-9-5-2-6-10-23)22-18-11-12-7-3-4-8-13(12)17/h3-4,7-8,11H,2,5-6,9-10H2,1H3,(H,19,20,21,22). The van der Waals surface area contributed by atoms with E-state index >= 15 is 0 Å². The highest BCUT2D eigenvalue weighted by molar-refractivity contribution is 5.80. The highest BCUT2D eigenvalue weighted by Crippen LogP contribution is 2.19. The number of aromatic nitrogens is 3. The van der Waals surface area contributed by atoms with Gasteiger partial charge in [0.2, 0.25) is 5.95 Å². The molecule has 0 spiro atoms. The molecule has 1 aromatic heterocycles. The Morgan fingerprint density at radius 3 is 2.71 bits per heavy atom. The number of nitrogens with zero attached hydrogens (tertiary/aromatic N) is 5. The molecule has 2 aromatic rings. The van der Waals surface area contributed by atoms with Crippen molar-refractivity contribution in [3.8, 4) is 6.01 Å². The summed E-state index contributed by atoms with van der Waals surface area (Å²) >= 11 is 0. The molecule has 0 saturated carbocycles. The monoisotopic (exact) mass is 330 g/mol. The van der Waals surface area contributed by atoms with Gasteiger partial charge in [-0.25, -0.2) is 9.82 Å². The normalized spacial score (nSPS) is 14.8. The van der Waals surface area contributed by atoms with Crippen LogP contribution in [0.4, 0.5) is 16.3 Å². The van der Waals surface area contributed by atoms with Gasteiger partial charge in [0, 0.05) is 18.7 Å². The summed E-state index contributed by atoms with van der Waals surface area (Å²) in [5.74, 6) is 0.477. The van der Waals surface area contributed by atoms with E-state index in [1.807, 2.05) is 0 Å². The predicted octanol–water partition coefficient (Wildman–Crippen LogP) is 2.46. The van der Waals surface area contributed by atoms with Crippen molar-refractivity contribution in [3.63, 3.8) is 0 Å². The van der Waals surface area contributed by atoms with Gasteiger partial charge < -0.3 is 9.64 Å². The molecular weight excluding hydrogens is 311 g/mol. The van der Waals surface area contributed by atoms with Crippen LogP contribution in [0.15, 0.2) is 29.4 Å². The second kappa shape index (κ2) is 7.67. The zero-order valence-corrected chi connectivity index (χ0v) is 13.4. The minimum Gasteiger partial charge on any atom is -0.467 e. The van der Waals surface area contributed by atoms with Crippen LogP contribution in [0, 0.1) is 5.82 Å². The number of halogens is 1. The number of ether oxygens (including phenoxy) is 1. The Morgan fingerprint density at radius 2 is 1.96 bits per heavy atom. The fourth-order valence-corrected chi connectivity index (χ4v) is 2.46. The van der Waals surface area contributed by atoms with E-state index < -0.39 is 0 Å². The summed E-state index contributed by atoms with van der Waals surface area (Å²) in [6, 6.07) is 6.59. The molecule has 1 aliphatic rings. The van der Waals surface area contributed by atoms with Crippen molar-refractivity contribution in [3.05, 3.63) is 35.6 Å². The van der Waals surface area contributed by atoms with E-state index in [1.54, 1.807) is 18.2 Å². The fourth-order valence-electron chi connectivity index (χ4n) is 2.46. The number of methoxy groups -OCH3 is 1. The van der Waals surface area contributed by atoms with Gasteiger partial charge in [-0.05, 0) is 25.3 Å². The Balaban J connectivity index is 1.76. The molecule has 126 valence electrons. The van der Waals surface area contributed by atoms with Crippen LogP contribution in [0.1, 0.15) is 24.8 Å². The van der Waals surface area contributed by atoms with Crippen molar-refractivity contribution in [2.24, 2.45) is 5.10 Å². The second-order valence-corrected chi connectivity index (χ2v) is 5.38. The van der Waals surface area contributed by atoms with Gasteiger partial charge in [-0.1, -0.05) is 18.2 Å². The molecule has 7 nitrogen and oxygen atoms in total. The third-order valence-corrected chi connectivity index (χ3v) is 3.70. The fraction of sp³-hybridized carbons (Fsp3) is 0.375.